The molecule has 0 atom stereocenters. The van der Waals surface area contributed by atoms with E-state index in [1.54, 1.807) is 18.2 Å². The van der Waals surface area contributed by atoms with E-state index in [4.69, 9.17) is 4.74 Å². The third kappa shape index (κ3) is 2.28. The van der Waals surface area contributed by atoms with E-state index in [0.29, 0.717) is 23.6 Å². The van der Waals surface area contributed by atoms with Gasteiger partial charge in [0.25, 0.3) is 0 Å². The summed E-state index contributed by atoms with van der Waals surface area (Å²) >= 11 is 0. The maximum Gasteiger partial charge on any atom is 0.224 e. The first-order chi connectivity index (χ1) is 8.24. The first kappa shape index (κ1) is 11.2. The summed E-state index contributed by atoms with van der Waals surface area (Å²) in [7, 11) is 1.50. The quantitative estimate of drug-likeness (QED) is 0.600. The number of pyridine rings is 2. The van der Waals surface area contributed by atoms with E-state index in [1.807, 2.05) is 0 Å². The molecule has 0 saturated heterocycles. The topological polar surface area (TPSA) is 52.1 Å². The molecule has 0 bridgehead atoms. The van der Waals surface area contributed by atoms with Gasteiger partial charge in [-0.15, -0.1) is 0 Å². The van der Waals surface area contributed by atoms with Crippen molar-refractivity contribution in [2.45, 2.75) is 0 Å². The van der Waals surface area contributed by atoms with Crippen LogP contribution in [0.25, 0.3) is 11.4 Å². The molecule has 86 valence electrons. The fourth-order valence-electron chi connectivity index (χ4n) is 1.35. The Balaban J connectivity index is 2.45. The van der Waals surface area contributed by atoms with Crippen LogP contribution >= 0.6 is 0 Å². The molecule has 2 aromatic rings. The van der Waals surface area contributed by atoms with E-state index < -0.39 is 5.95 Å². The number of carbonyl (C=O) groups is 1. The summed E-state index contributed by atoms with van der Waals surface area (Å²) in [6, 6.07) is 8.00. The second kappa shape index (κ2) is 4.69. The predicted octanol–water partition coefficient (Wildman–Crippen LogP) is 2.10. The normalized spacial score (nSPS) is 10.0. The first-order valence-electron chi connectivity index (χ1n) is 4.87. The largest absolute Gasteiger partial charge is 0.481 e. The zero-order valence-electron chi connectivity index (χ0n) is 9.05. The van der Waals surface area contributed by atoms with Gasteiger partial charge in [-0.1, -0.05) is 6.07 Å². The van der Waals surface area contributed by atoms with Crippen LogP contribution in [0, 0.1) is 5.95 Å². The fourth-order valence-corrected chi connectivity index (χ4v) is 1.35. The Morgan fingerprint density at radius 1 is 1.18 bits per heavy atom. The van der Waals surface area contributed by atoms with Gasteiger partial charge in [0.15, 0.2) is 6.29 Å². The summed E-state index contributed by atoms with van der Waals surface area (Å²) in [4.78, 5) is 18.3. The van der Waals surface area contributed by atoms with Gasteiger partial charge in [0.1, 0.15) is 0 Å². The van der Waals surface area contributed by atoms with Crippen LogP contribution in [-0.2, 0) is 0 Å². The van der Waals surface area contributed by atoms with Crippen LogP contribution in [0.1, 0.15) is 10.4 Å². The smallest absolute Gasteiger partial charge is 0.224 e. The minimum Gasteiger partial charge on any atom is -0.481 e. The Morgan fingerprint density at radius 2 is 1.94 bits per heavy atom. The van der Waals surface area contributed by atoms with Gasteiger partial charge in [0.2, 0.25) is 11.8 Å². The molecule has 0 fully saturated rings. The Hall–Kier alpha value is -2.30. The van der Waals surface area contributed by atoms with Gasteiger partial charge in [0.05, 0.1) is 24.1 Å². The van der Waals surface area contributed by atoms with Gasteiger partial charge >= 0.3 is 0 Å². The molecular weight excluding hydrogens is 223 g/mol. The predicted molar refractivity (Wildman–Crippen MR) is 59.4 cm³/mol. The molecule has 0 aromatic carbocycles. The van der Waals surface area contributed by atoms with E-state index in [-0.39, 0.29) is 5.56 Å². The minimum absolute atomic E-state index is 0.0725. The van der Waals surface area contributed by atoms with Crippen molar-refractivity contribution >= 4 is 6.29 Å². The Morgan fingerprint density at radius 3 is 2.59 bits per heavy atom. The zero-order valence-corrected chi connectivity index (χ0v) is 9.05. The zero-order chi connectivity index (χ0) is 12.3. The number of ether oxygens (including phenoxy) is 1. The SMILES string of the molecule is COc1cccc(-c2ccc(C=O)c(F)n2)n1. The minimum atomic E-state index is -0.804. The number of hydrogen-bond donors (Lipinski definition) is 0. The van der Waals surface area contributed by atoms with Crippen LogP contribution in [0.5, 0.6) is 5.88 Å². The van der Waals surface area contributed by atoms with Crippen LogP contribution in [0.3, 0.4) is 0 Å². The lowest BCUT2D eigenvalue weighted by molar-refractivity contribution is 0.111. The van der Waals surface area contributed by atoms with E-state index >= 15 is 0 Å². The average Bonchev–Trinajstić information content (AvgIpc) is 2.38. The molecule has 5 heteroatoms. The summed E-state index contributed by atoms with van der Waals surface area (Å²) in [6.45, 7) is 0. The van der Waals surface area contributed by atoms with Crippen molar-refractivity contribution in [3.8, 4) is 17.3 Å². The van der Waals surface area contributed by atoms with Crippen molar-refractivity contribution in [3.63, 3.8) is 0 Å². The molecule has 0 aliphatic carbocycles. The number of nitrogens with zero attached hydrogens (tertiary/aromatic N) is 2. The second-order valence-electron chi connectivity index (χ2n) is 3.26. The van der Waals surface area contributed by atoms with Gasteiger partial charge < -0.3 is 4.74 Å². The molecule has 0 spiro atoms. The highest BCUT2D eigenvalue weighted by molar-refractivity contribution is 5.75. The number of hydrogen-bond acceptors (Lipinski definition) is 4. The van der Waals surface area contributed by atoms with Crippen molar-refractivity contribution in [2.24, 2.45) is 0 Å². The molecule has 2 aromatic heterocycles. The Labute approximate surface area is 97.1 Å². The fraction of sp³-hybridized carbons (Fsp3) is 0.0833. The number of rotatable bonds is 3. The van der Waals surface area contributed by atoms with Gasteiger partial charge in [0, 0.05) is 6.07 Å². The highest BCUT2D eigenvalue weighted by Gasteiger charge is 2.07. The number of aldehydes is 1. The Bertz CT molecular complexity index is 558. The van der Waals surface area contributed by atoms with Crippen molar-refractivity contribution in [1.29, 1.82) is 0 Å². The molecule has 0 N–H and O–H groups in total. The molecule has 0 unspecified atom stereocenters. The number of halogens is 1. The van der Waals surface area contributed by atoms with Crippen molar-refractivity contribution in [2.75, 3.05) is 7.11 Å². The standard InChI is InChI=1S/C12H9FN2O2/c1-17-11-4-2-3-9(14-11)10-6-5-8(7-16)12(13)15-10/h2-7H,1H3. The average molecular weight is 232 g/mol. The van der Waals surface area contributed by atoms with Crippen molar-refractivity contribution in [1.82, 2.24) is 9.97 Å². The van der Waals surface area contributed by atoms with Crippen LogP contribution in [0.4, 0.5) is 4.39 Å². The molecule has 0 amide bonds. The Kier molecular flexibility index (Phi) is 3.09. The summed E-state index contributed by atoms with van der Waals surface area (Å²) in [5.41, 5.74) is 0.768. The lowest BCUT2D eigenvalue weighted by Crippen LogP contribution is -1.96. The van der Waals surface area contributed by atoms with E-state index in [2.05, 4.69) is 9.97 Å². The van der Waals surface area contributed by atoms with Gasteiger partial charge in [-0.05, 0) is 18.2 Å². The van der Waals surface area contributed by atoms with Crippen molar-refractivity contribution in [3.05, 3.63) is 41.8 Å². The molecule has 2 heterocycles. The monoisotopic (exact) mass is 232 g/mol. The highest BCUT2D eigenvalue weighted by Crippen LogP contribution is 2.18. The summed E-state index contributed by atoms with van der Waals surface area (Å²) in [5, 5.41) is 0. The van der Waals surface area contributed by atoms with Crippen LogP contribution in [0.2, 0.25) is 0 Å². The van der Waals surface area contributed by atoms with Crippen LogP contribution in [0.15, 0.2) is 30.3 Å². The summed E-state index contributed by atoms with van der Waals surface area (Å²) in [5.74, 6) is -0.383. The third-order valence-corrected chi connectivity index (χ3v) is 2.20. The number of carbonyl (C=O) groups excluding carboxylic acids is 1. The van der Waals surface area contributed by atoms with Gasteiger partial charge in [-0.2, -0.15) is 4.39 Å². The second-order valence-corrected chi connectivity index (χ2v) is 3.26. The van der Waals surface area contributed by atoms with E-state index in [9.17, 15) is 9.18 Å². The molecule has 17 heavy (non-hydrogen) atoms. The van der Waals surface area contributed by atoms with Crippen LogP contribution in [-0.4, -0.2) is 23.4 Å². The molecular formula is C12H9FN2O2. The third-order valence-electron chi connectivity index (χ3n) is 2.20. The molecule has 4 nitrogen and oxygen atoms in total. The van der Waals surface area contributed by atoms with E-state index in [1.165, 1.54) is 19.2 Å². The summed E-state index contributed by atoms with van der Waals surface area (Å²) in [6.07, 6.45) is 0.422. The molecule has 0 radical (unpaired) electrons. The molecule has 0 aliphatic rings. The summed E-state index contributed by atoms with van der Waals surface area (Å²) < 4.78 is 18.3. The van der Waals surface area contributed by atoms with Crippen molar-refractivity contribution < 1.29 is 13.9 Å². The molecule has 0 saturated carbocycles. The first-order valence-corrected chi connectivity index (χ1v) is 4.87. The van der Waals surface area contributed by atoms with Crippen LogP contribution < -0.4 is 4.74 Å². The highest BCUT2D eigenvalue weighted by atomic mass is 19.1. The lowest BCUT2D eigenvalue weighted by Gasteiger charge is -2.03. The van der Waals surface area contributed by atoms with E-state index in [0.717, 1.165) is 0 Å². The van der Waals surface area contributed by atoms with Gasteiger partial charge in [-0.25, -0.2) is 9.97 Å². The lowest BCUT2D eigenvalue weighted by atomic mass is 10.2. The number of aromatic nitrogens is 2. The maximum atomic E-state index is 13.3. The maximum absolute atomic E-state index is 13.3. The van der Waals surface area contributed by atoms with Gasteiger partial charge in [-0.3, -0.25) is 4.79 Å². The molecule has 2 rings (SSSR count). The molecule has 0 aliphatic heterocycles. The number of methoxy groups -OCH3 is 1.